The van der Waals surface area contributed by atoms with Crippen LogP contribution in [0.4, 0.5) is 4.39 Å². The molecule has 2 rings (SSSR count). The van der Waals surface area contributed by atoms with Crippen LogP contribution in [0.1, 0.15) is 37.8 Å². The number of nitrogens with one attached hydrogen (secondary N) is 1. The van der Waals surface area contributed by atoms with E-state index in [1.165, 1.54) is 18.6 Å². The molecule has 1 aromatic carbocycles. The summed E-state index contributed by atoms with van der Waals surface area (Å²) in [5.74, 6) is -0.189. The van der Waals surface area contributed by atoms with Crippen molar-refractivity contribution < 1.29 is 9.18 Å². The van der Waals surface area contributed by atoms with E-state index in [-0.39, 0.29) is 17.8 Å². The molecular formula is C15H21FN2O. The first-order chi connectivity index (χ1) is 9.06. The molecule has 1 fully saturated rings. The topological polar surface area (TPSA) is 32.3 Å². The summed E-state index contributed by atoms with van der Waals surface area (Å²) < 4.78 is 12.8. The number of amides is 1. The number of likely N-dealkylation sites (tertiary alicyclic amines) is 1. The second kappa shape index (κ2) is 6.15. The predicted molar refractivity (Wildman–Crippen MR) is 73.2 cm³/mol. The third kappa shape index (κ3) is 3.77. The molecule has 1 amide bonds. The molecule has 0 radical (unpaired) electrons. The fourth-order valence-corrected chi connectivity index (χ4v) is 2.59. The highest BCUT2D eigenvalue weighted by atomic mass is 19.1. The first kappa shape index (κ1) is 14.0. The van der Waals surface area contributed by atoms with Gasteiger partial charge in [0.2, 0.25) is 5.91 Å². The van der Waals surface area contributed by atoms with E-state index in [2.05, 4.69) is 17.3 Å². The third-order valence-corrected chi connectivity index (χ3v) is 3.84. The Morgan fingerprint density at radius 1 is 1.47 bits per heavy atom. The van der Waals surface area contributed by atoms with Gasteiger partial charge < -0.3 is 10.2 Å². The normalized spacial score (nSPS) is 21.3. The lowest BCUT2D eigenvalue weighted by molar-refractivity contribution is -0.122. The fourth-order valence-electron chi connectivity index (χ4n) is 2.59. The number of halogens is 1. The van der Waals surface area contributed by atoms with Gasteiger partial charge in [-0.25, -0.2) is 4.39 Å². The van der Waals surface area contributed by atoms with Gasteiger partial charge in [-0.15, -0.1) is 0 Å². The minimum absolute atomic E-state index is 0.0653. The van der Waals surface area contributed by atoms with Gasteiger partial charge in [-0.2, -0.15) is 0 Å². The highest BCUT2D eigenvalue weighted by molar-refractivity contribution is 5.77. The molecule has 1 N–H and O–H groups in total. The zero-order valence-electron chi connectivity index (χ0n) is 11.5. The summed E-state index contributed by atoms with van der Waals surface area (Å²) in [6.07, 6.45) is 2.80. The molecule has 4 heteroatoms. The monoisotopic (exact) mass is 264 g/mol. The standard InChI is InChI=1S/C15H21FN2O/c1-11(12-5-7-13(16)8-6-12)17-15(19)10-14-4-3-9-18(14)2/h5-8,11,14H,3-4,9-10H2,1-2H3,(H,17,19)/t11-,14?/m0/s1. The number of carbonyl (C=O) groups is 1. The highest BCUT2D eigenvalue weighted by Crippen LogP contribution is 2.19. The van der Waals surface area contributed by atoms with Crippen molar-refractivity contribution in [1.29, 1.82) is 0 Å². The van der Waals surface area contributed by atoms with E-state index >= 15 is 0 Å². The quantitative estimate of drug-likeness (QED) is 0.906. The van der Waals surface area contributed by atoms with Crippen LogP contribution < -0.4 is 5.32 Å². The molecule has 19 heavy (non-hydrogen) atoms. The van der Waals surface area contributed by atoms with Gasteiger partial charge in [-0.3, -0.25) is 4.79 Å². The molecule has 104 valence electrons. The molecule has 0 aromatic heterocycles. The molecule has 0 spiro atoms. The van der Waals surface area contributed by atoms with Gasteiger partial charge in [0.15, 0.2) is 0 Å². The first-order valence-corrected chi connectivity index (χ1v) is 6.81. The first-order valence-electron chi connectivity index (χ1n) is 6.81. The molecule has 1 aromatic rings. The van der Waals surface area contributed by atoms with Crippen LogP contribution in [0.15, 0.2) is 24.3 Å². The summed E-state index contributed by atoms with van der Waals surface area (Å²) in [7, 11) is 2.06. The lowest BCUT2D eigenvalue weighted by atomic mass is 10.1. The summed E-state index contributed by atoms with van der Waals surface area (Å²) in [5.41, 5.74) is 0.925. The Bertz CT molecular complexity index is 432. The summed E-state index contributed by atoms with van der Waals surface area (Å²) in [4.78, 5) is 14.2. The Kier molecular flexibility index (Phi) is 4.53. The molecule has 1 unspecified atom stereocenters. The summed E-state index contributed by atoms with van der Waals surface area (Å²) in [6, 6.07) is 6.54. The van der Waals surface area contributed by atoms with Crippen molar-refractivity contribution in [2.24, 2.45) is 0 Å². The molecule has 1 aliphatic heterocycles. The predicted octanol–water partition coefficient (Wildman–Crippen LogP) is 2.49. The van der Waals surface area contributed by atoms with Crippen LogP contribution in [0, 0.1) is 5.82 Å². The van der Waals surface area contributed by atoms with Gasteiger partial charge in [-0.05, 0) is 51.1 Å². The zero-order valence-corrected chi connectivity index (χ0v) is 11.5. The second-order valence-corrected chi connectivity index (χ2v) is 5.32. The molecule has 3 nitrogen and oxygen atoms in total. The van der Waals surface area contributed by atoms with E-state index in [9.17, 15) is 9.18 Å². The van der Waals surface area contributed by atoms with Crippen LogP contribution in [0.3, 0.4) is 0 Å². The van der Waals surface area contributed by atoms with E-state index in [1.54, 1.807) is 12.1 Å². The van der Waals surface area contributed by atoms with Crippen molar-refractivity contribution in [3.63, 3.8) is 0 Å². The maximum Gasteiger partial charge on any atom is 0.222 e. The van der Waals surface area contributed by atoms with Crippen LogP contribution >= 0.6 is 0 Å². The maximum absolute atomic E-state index is 12.8. The summed E-state index contributed by atoms with van der Waals surface area (Å²) in [6.45, 7) is 3.00. The van der Waals surface area contributed by atoms with E-state index in [1.807, 2.05) is 6.92 Å². The Hall–Kier alpha value is -1.42. The molecule has 1 aliphatic rings. The zero-order chi connectivity index (χ0) is 13.8. The van der Waals surface area contributed by atoms with E-state index < -0.39 is 0 Å². The van der Waals surface area contributed by atoms with Crippen molar-refractivity contribution in [1.82, 2.24) is 10.2 Å². The minimum atomic E-state index is -0.255. The third-order valence-electron chi connectivity index (χ3n) is 3.84. The Labute approximate surface area is 113 Å². The average Bonchev–Trinajstić information content (AvgIpc) is 2.75. The van der Waals surface area contributed by atoms with Gasteiger partial charge >= 0.3 is 0 Å². The number of benzene rings is 1. The SMILES string of the molecule is C[C@H](NC(=O)CC1CCCN1C)c1ccc(F)cc1. The van der Waals surface area contributed by atoms with Gasteiger partial charge in [0, 0.05) is 12.5 Å². The number of nitrogens with zero attached hydrogens (tertiary/aromatic N) is 1. The lowest BCUT2D eigenvalue weighted by Crippen LogP contribution is -2.34. The van der Waals surface area contributed by atoms with Gasteiger partial charge in [0.25, 0.3) is 0 Å². The number of carbonyl (C=O) groups excluding carboxylic acids is 1. The van der Waals surface area contributed by atoms with Crippen LogP contribution in [0.25, 0.3) is 0 Å². The van der Waals surface area contributed by atoms with E-state index in [0.29, 0.717) is 12.5 Å². The molecule has 0 saturated carbocycles. The van der Waals surface area contributed by atoms with Crippen LogP contribution in [0.2, 0.25) is 0 Å². The van der Waals surface area contributed by atoms with Crippen molar-refractivity contribution in [2.45, 2.75) is 38.3 Å². The highest BCUT2D eigenvalue weighted by Gasteiger charge is 2.23. The molecular weight excluding hydrogens is 243 g/mol. The molecule has 2 atom stereocenters. The van der Waals surface area contributed by atoms with Crippen molar-refractivity contribution >= 4 is 5.91 Å². The van der Waals surface area contributed by atoms with Gasteiger partial charge in [0.05, 0.1) is 6.04 Å². The second-order valence-electron chi connectivity index (χ2n) is 5.32. The smallest absolute Gasteiger partial charge is 0.222 e. The van der Waals surface area contributed by atoms with Gasteiger partial charge in [0.1, 0.15) is 5.82 Å². The summed E-state index contributed by atoms with van der Waals surface area (Å²) in [5, 5.41) is 2.98. The molecule has 1 saturated heterocycles. The van der Waals surface area contributed by atoms with E-state index in [0.717, 1.165) is 18.5 Å². The average molecular weight is 264 g/mol. The lowest BCUT2D eigenvalue weighted by Gasteiger charge is -2.20. The maximum atomic E-state index is 12.8. The Morgan fingerprint density at radius 2 is 2.16 bits per heavy atom. The largest absolute Gasteiger partial charge is 0.350 e. The van der Waals surface area contributed by atoms with Crippen LogP contribution in [-0.2, 0) is 4.79 Å². The molecule has 1 heterocycles. The van der Waals surface area contributed by atoms with Crippen LogP contribution in [0.5, 0.6) is 0 Å². The van der Waals surface area contributed by atoms with E-state index in [4.69, 9.17) is 0 Å². The molecule has 0 aliphatic carbocycles. The Balaban J connectivity index is 1.86. The van der Waals surface area contributed by atoms with Gasteiger partial charge in [-0.1, -0.05) is 12.1 Å². The molecule has 0 bridgehead atoms. The van der Waals surface area contributed by atoms with Crippen molar-refractivity contribution in [3.05, 3.63) is 35.6 Å². The van der Waals surface area contributed by atoms with Crippen molar-refractivity contribution in [3.8, 4) is 0 Å². The fraction of sp³-hybridized carbons (Fsp3) is 0.533. The summed E-state index contributed by atoms with van der Waals surface area (Å²) >= 11 is 0. The number of rotatable bonds is 4. The number of hydrogen-bond acceptors (Lipinski definition) is 2. The van der Waals surface area contributed by atoms with Crippen molar-refractivity contribution in [2.75, 3.05) is 13.6 Å². The minimum Gasteiger partial charge on any atom is -0.350 e. The van der Waals surface area contributed by atoms with Crippen LogP contribution in [-0.4, -0.2) is 30.4 Å². The number of hydrogen-bond donors (Lipinski definition) is 1. The Morgan fingerprint density at radius 3 is 2.74 bits per heavy atom.